The lowest BCUT2D eigenvalue weighted by molar-refractivity contribution is 0.0956. The number of nitrogens with two attached hydrogens (primary N) is 1. The molecule has 17 heavy (non-hydrogen) atoms. The number of hydrogen-bond donors (Lipinski definition) is 2. The second kappa shape index (κ2) is 7.19. The van der Waals surface area contributed by atoms with Crippen molar-refractivity contribution in [3.63, 3.8) is 0 Å². The minimum absolute atomic E-state index is 0.137. The van der Waals surface area contributed by atoms with E-state index in [1.54, 1.807) is 12.1 Å². The first-order chi connectivity index (χ1) is 8.17. The molecule has 3 N–H and O–H groups in total. The molecule has 1 aromatic carbocycles. The molecule has 0 bridgehead atoms. The molecule has 1 atom stereocenters. The molecule has 0 aliphatic rings. The number of carbonyl (C=O) groups is 1. The molecule has 0 aliphatic heterocycles. The monoisotopic (exact) mass is 254 g/mol. The van der Waals surface area contributed by atoms with E-state index in [0.29, 0.717) is 30.2 Å². The normalized spacial score (nSPS) is 12.1. The van der Waals surface area contributed by atoms with Gasteiger partial charge in [0.25, 0.3) is 5.91 Å². The van der Waals surface area contributed by atoms with Crippen molar-refractivity contribution >= 4 is 16.7 Å². The summed E-state index contributed by atoms with van der Waals surface area (Å²) in [5, 5.41) is 2.74. The zero-order valence-electron chi connectivity index (χ0n) is 9.94. The molecule has 0 saturated heterocycles. The van der Waals surface area contributed by atoms with Gasteiger partial charge in [-0.05, 0) is 17.7 Å². The van der Waals surface area contributed by atoms with Crippen molar-refractivity contribution < 1.29 is 9.00 Å². The zero-order valence-corrected chi connectivity index (χ0v) is 10.8. The van der Waals surface area contributed by atoms with Crippen molar-refractivity contribution in [2.24, 2.45) is 5.73 Å². The van der Waals surface area contributed by atoms with Crippen molar-refractivity contribution in [2.75, 3.05) is 18.1 Å². The smallest absolute Gasteiger partial charge is 0.251 e. The third-order valence-electron chi connectivity index (χ3n) is 2.39. The first kappa shape index (κ1) is 13.9. The van der Waals surface area contributed by atoms with Gasteiger partial charge in [-0.2, -0.15) is 0 Å². The molecule has 0 fully saturated rings. The highest BCUT2D eigenvalue weighted by molar-refractivity contribution is 7.84. The van der Waals surface area contributed by atoms with E-state index in [-0.39, 0.29) is 5.91 Å². The van der Waals surface area contributed by atoms with Crippen LogP contribution in [0.1, 0.15) is 22.8 Å². The van der Waals surface area contributed by atoms with Crippen LogP contribution < -0.4 is 11.1 Å². The summed E-state index contributed by atoms with van der Waals surface area (Å²) in [5.41, 5.74) is 7.07. The van der Waals surface area contributed by atoms with Gasteiger partial charge in [0, 0.05) is 41.0 Å². The highest BCUT2D eigenvalue weighted by Gasteiger charge is 2.05. The van der Waals surface area contributed by atoms with Gasteiger partial charge >= 0.3 is 0 Å². The summed E-state index contributed by atoms with van der Waals surface area (Å²) in [6.45, 7) is 2.78. The SMILES string of the molecule is CCS(=O)CCNC(=O)c1ccc(CN)cc1. The van der Waals surface area contributed by atoms with E-state index < -0.39 is 10.8 Å². The third-order valence-corrected chi connectivity index (χ3v) is 3.69. The van der Waals surface area contributed by atoms with Crippen LogP contribution in [0.25, 0.3) is 0 Å². The predicted molar refractivity (Wildman–Crippen MR) is 70.2 cm³/mol. The molecule has 0 radical (unpaired) electrons. The fraction of sp³-hybridized carbons (Fsp3) is 0.417. The molecule has 1 aromatic rings. The largest absolute Gasteiger partial charge is 0.351 e. The van der Waals surface area contributed by atoms with Gasteiger partial charge in [0.2, 0.25) is 0 Å². The van der Waals surface area contributed by atoms with Gasteiger partial charge in [-0.3, -0.25) is 9.00 Å². The van der Waals surface area contributed by atoms with E-state index >= 15 is 0 Å². The Balaban J connectivity index is 2.44. The maximum Gasteiger partial charge on any atom is 0.251 e. The van der Waals surface area contributed by atoms with Gasteiger partial charge < -0.3 is 11.1 Å². The van der Waals surface area contributed by atoms with Gasteiger partial charge in [-0.25, -0.2) is 0 Å². The Bertz CT molecular complexity index is 390. The van der Waals surface area contributed by atoms with Crippen LogP contribution in [-0.4, -0.2) is 28.2 Å². The lowest BCUT2D eigenvalue weighted by Gasteiger charge is -2.05. The van der Waals surface area contributed by atoms with Crippen molar-refractivity contribution in [1.82, 2.24) is 5.32 Å². The van der Waals surface area contributed by atoms with Crippen molar-refractivity contribution in [1.29, 1.82) is 0 Å². The van der Waals surface area contributed by atoms with Crippen molar-refractivity contribution in [3.8, 4) is 0 Å². The summed E-state index contributed by atoms with van der Waals surface area (Å²) in [6.07, 6.45) is 0. The molecule has 0 aliphatic carbocycles. The zero-order chi connectivity index (χ0) is 12.7. The maximum absolute atomic E-state index is 11.7. The maximum atomic E-state index is 11.7. The number of benzene rings is 1. The lowest BCUT2D eigenvalue weighted by Crippen LogP contribution is -2.28. The first-order valence-electron chi connectivity index (χ1n) is 5.59. The van der Waals surface area contributed by atoms with Crippen molar-refractivity contribution in [3.05, 3.63) is 35.4 Å². The Morgan fingerprint density at radius 2 is 2.00 bits per heavy atom. The van der Waals surface area contributed by atoms with Crippen LogP contribution in [0, 0.1) is 0 Å². The van der Waals surface area contributed by atoms with E-state index in [1.807, 2.05) is 19.1 Å². The Morgan fingerprint density at radius 3 is 2.53 bits per heavy atom. The highest BCUT2D eigenvalue weighted by atomic mass is 32.2. The Hall–Kier alpha value is -1.20. The van der Waals surface area contributed by atoms with Crippen molar-refractivity contribution in [2.45, 2.75) is 13.5 Å². The molecule has 1 rings (SSSR count). The molecule has 0 aromatic heterocycles. The molecule has 1 amide bonds. The van der Waals surface area contributed by atoms with Gasteiger partial charge in [0.1, 0.15) is 0 Å². The molecule has 0 heterocycles. The molecule has 0 spiro atoms. The van der Waals surface area contributed by atoms with Crippen LogP contribution in [-0.2, 0) is 17.3 Å². The number of hydrogen-bond acceptors (Lipinski definition) is 3. The fourth-order valence-corrected chi connectivity index (χ4v) is 1.94. The second-order valence-electron chi connectivity index (χ2n) is 3.59. The quantitative estimate of drug-likeness (QED) is 0.782. The number of carbonyl (C=O) groups excluding carboxylic acids is 1. The Morgan fingerprint density at radius 1 is 1.35 bits per heavy atom. The van der Waals surface area contributed by atoms with Crippen LogP contribution in [0.15, 0.2) is 24.3 Å². The van der Waals surface area contributed by atoms with Gasteiger partial charge in [0.15, 0.2) is 0 Å². The molecular formula is C12H18N2O2S. The molecule has 0 saturated carbocycles. The molecular weight excluding hydrogens is 236 g/mol. The van der Waals surface area contributed by atoms with Crippen LogP contribution in [0.5, 0.6) is 0 Å². The van der Waals surface area contributed by atoms with E-state index in [0.717, 1.165) is 5.56 Å². The van der Waals surface area contributed by atoms with Crippen LogP contribution in [0.2, 0.25) is 0 Å². The minimum atomic E-state index is -0.836. The van der Waals surface area contributed by atoms with E-state index in [2.05, 4.69) is 5.32 Å². The average Bonchev–Trinajstić information content (AvgIpc) is 2.38. The summed E-state index contributed by atoms with van der Waals surface area (Å²) in [6, 6.07) is 7.15. The van der Waals surface area contributed by atoms with Crippen LogP contribution in [0.4, 0.5) is 0 Å². The summed E-state index contributed by atoms with van der Waals surface area (Å²) < 4.78 is 11.2. The van der Waals surface area contributed by atoms with E-state index in [4.69, 9.17) is 5.73 Å². The molecule has 5 heteroatoms. The minimum Gasteiger partial charge on any atom is -0.351 e. The van der Waals surface area contributed by atoms with E-state index in [9.17, 15) is 9.00 Å². The standard InChI is InChI=1S/C12H18N2O2S/c1-2-17(16)8-7-14-12(15)11-5-3-10(9-13)4-6-11/h3-6H,2,7-9,13H2,1H3,(H,14,15). The Labute approximate surface area is 104 Å². The second-order valence-corrected chi connectivity index (χ2v) is 5.45. The number of nitrogens with one attached hydrogen (secondary N) is 1. The van der Waals surface area contributed by atoms with Gasteiger partial charge in [0.05, 0.1) is 0 Å². The molecule has 1 unspecified atom stereocenters. The predicted octanol–water partition coefficient (Wildman–Crippen LogP) is 0.644. The van der Waals surface area contributed by atoms with E-state index in [1.165, 1.54) is 0 Å². The topological polar surface area (TPSA) is 72.2 Å². The average molecular weight is 254 g/mol. The first-order valence-corrected chi connectivity index (χ1v) is 7.08. The van der Waals surface area contributed by atoms with Gasteiger partial charge in [-0.1, -0.05) is 19.1 Å². The number of rotatable bonds is 6. The summed E-state index contributed by atoms with van der Waals surface area (Å²) in [4.78, 5) is 11.7. The lowest BCUT2D eigenvalue weighted by atomic mass is 10.1. The molecule has 94 valence electrons. The summed E-state index contributed by atoms with van der Waals surface area (Å²) >= 11 is 0. The molecule has 4 nitrogen and oxygen atoms in total. The summed E-state index contributed by atoms with van der Waals surface area (Å²) in [7, 11) is -0.836. The highest BCUT2D eigenvalue weighted by Crippen LogP contribution is 2.03. The van der Waals surface area contributed by atoms with Crippen LogP contribution in [0.3, 0.4) is 0 Å². The van der Waals surface area contributed by atoms with Crippen LogP contribution >= 0.6 is 0 Å². The third kappa shape index (κ3) is 4.66. The summed E-state index contributed by atoms with van der Waals surface area (Å²) in [5.74, 6) is 0.992. The fourth-order valence-electron chi connectivity index (χ4n) is 1.32. The number of amides is 1. The van der Waals surface area contributed by atoms with Gasteiger partial charge in [-0.15, -0.1) is 0 Å². The Kier molecular flexibility index (Phi) is 5.86.